The van der Waals surface area contributed by atoms with Gasteiger partial charge in [0.15, 0.2) is 0 Å². The highest BCUT2D eigenvalue weighted by Crippen LogP contribution is 2.23. The average Bonchev–Trinajstić information content (AvgIpc) is 1.85. The van der Waals surface area contributed by atoms with Crippen molar-refractivity contribution >= 4 is 10.1 Å². The van der Waals surface area contributed by atoms with Gasteiger partial charge in [0.1, 0.15) is 0 Å². The van der Waals surface area contributed by atoms with Gasteiger partial charge in [0.05, 0.1) is 5.75 Å². The van der Waals surface area contributed by atoms with Gasteiger partial charge >= 0.3 is 0 Å². The van der Waals surface area contributed by atoms with Crippen molar-refractivity contribution in [2.24, 2.45) is 5.92 Å². The molecular weight excluding hydrogens is 164 g/mol. The Morgan fingerprint density at radius 1 is 1.36 bits per heavy atom. The van der Waals surface area contributed by atoms with E-state index in [0.717, 1.165) is 25.7 Å². The minimum absolute atomic E-state index is 0.0547. The molecule has 0 unspecified atom stereocenters. The van der Waals surface area contributed by atoms with Crippen LogP contribution in [0.1, 0.15) is 25.7 Å². The number of hydrogen-bond acceptors (Lipinski definition) is 2. The van der Waals surface area contributed by atoms with E-state index in [9.17, 15) is 8.42 Å². The van der Waals surface area contributed by atoms with Crippen molar-refractivity contribution in [1.29, 1.82) is 0 Å². The van der Waals surface area contributed by atoms with Crippen LogP contribution < -0.4 is 0 Å². The molecule has 0 atom stereocenters. The molecule has 1 rings (SSSR count). The lowest BCUT2D eigenvalue weighted by Gasteiger charge is -2.19. The summed E-state index contributed by atoms with van der Waals surface area (Å²) in [7, 11) is -3.74. The van der Waals surface area contributed by atoms with Gasteiger partial charge in [-0.05, 0) is 38.0 Å². The second-order valence-electron chi connectivity index (χ2n) is 3.06. The maximum absolute atomic E-state index is 10.4. The number of rotatable bonds is 2. The van der Waals surface area contributed by atoms with Crippen LogP contribution in [0.3, 0.4) is 0 Å². The molecule has 0 heterocycles. The fourth-order valence-corrected chi connectivity index (χ4v) is 2.39. The van der Waals surface area contributed by atoms with Crippen molar-refractivity contribution in [1.82, 2.24) is 0 Å². The third-order valence-corrected chi connectivity index (χ3v) is 2.90. The Kier molecular flexibility index (Phi) is 2.90. The van der Waals surface area contributed by atoms with Gasteiger partial charge in [0, 0.05) is 0 Å². The second kappa shape index (κ2) is 3.54. The highest BCUT2D eigenvalue weighted by atomic mass is 32.2. The van der Waals surface area contributed by atoms with E-state index in [-0.39, 0.29) is 11.7 Å². The third-order valence-electron chi connectivity index (χ3n) is 2.00. The van der Waals surface area contributed by atoms with E-state index in [0.29, 0.717) is 0 Å². The van der Waals surface area contributed by atoms with Gasteiger partial charge in [-0.3, -0.25) is 4.55 Å². The lowest BCUT2D eigenvalue weighted by atomic mass is 9.91. The van der Waals surface area contributed by atoms with Crippen molar-refractivity contribution in [3.63, 3.8) is 0 Å². The van der Waals surface area contributed by atoms with Gasteiger partial charge in [-0.1, -0.05) is 0 Å². The SMILES string of the molecule is O=S(=O)(O)CC1CC[CH]CC1. The molecule has 0 aromatic rings. The van der Waals surface area contributed by atoms with E-state index in [1.165, 1.54) is 0 Å². The zero-order chi connectivity index (χ0) is 8.32. The molecule has 1 aliphatic carbocycles. The minimum atomic E-state index is -3.74. The smallest absolute Gasteiger partial charge is 0.265 e. The molecular formula is C7H13O3S. The monoisotopic (exact) mass is 177 g/mol. The summed E-state index contributed by atoms with van der Waals surface area (Å²) in [5.74, 6) is 0.121. The quantitative estimate of drug-likeness (QED) is 0.646. The van der Waals surface area contributed by atoms with Crippen LogP contribution in [0.15, 0.2) is 0 Å². The molecule has 3 nitrogen and oxygen atoms in total. The summed E-state index contributed by atoms with van der Waals surface area (Å²) in [4.78, 5) is 0. The molecule has 1 radical (unpaired) electrons. The van der Waals surface area contributed by atoms with Crippen LogP contribution >= 0.6 is 0 Å². The highest BCUT2D eigenvalue weighted by molar-refractivity contribution is 7.85. The Bertz CT molecular complexity index is 202. The predicted octanol–water partition coefficient (Wildman–Crippen LogP) is 1.27. The summed E-state index contributed by atoms with van der Waals surface area (Å²) >= 11 is 0. The maximum Gasteiger partial charge on any atom is 0.265 e. The Balaban J connectivity index is 2.36. The fourth-order valence-electron chi connectivity index (χ4n) is 1.46. The van der Waals surface area contributed by atoms with E-state index >= 15 is 0 Å². The van der Waals surface area contributed by atoms with Crippen molar-refractivity contribution in [3.05, 3.63) is 6.42 Å². The summed E-state index contributed by atoms with van der Waals surface area (Å²) in [6.07, 6.45) is 5.94. The molecule has 1 N–H and O–H groups in total. The van der Waals surface area contributed by atoms with Crippen molar-refractivity contribution in [2.75, 3.05) is 5.75 Å². The van der Waals surface area contributed by atoms with Crippen LogP contribution in [0, 0.1) is 12.3 Å². The zero-order valence-electron chi connectivity index (χ0n) is 6.36. The average molecular weight is 177 g/mol. The summed E-state index contributed by atoms with van der Waals surface area (Å²) in [6.45, 7) is 0. The summed E-state index contributed by atoms with van der Waals surface area (Å²) in [5, 5.41) is 0. The third kappa shape index (κ3) is 3.72. The molecule has 1 saturated carbocycles. The first-order chi connectivity index (χ1) is 5.08. The van der Waals surface area contributed by atoms with E-state index in [4.69, 9.17) is 4.55 Å². The van der Waals surface area contributed by atoms with Crippen LogP contribution in [0.5, 0.6) is 0 Å². The normalized spacial score (nSPS) is 21.9. The standard InChI is InChI=1S/C7H13O3S/c8-11(9,10)6-7-4-2-1-3-5-7/h1,7H,2-6H2,(H,8,9,10). The fraction of sp³-hybridized carbons (Fsp3) is 0.857. The zero-order valence-corrected chi connectivity index (χ0v) is 7.18. The molecule has 0 aliphatic heterocycles. The number of hydrogen-bond donors (Lipinski definition) is 1. The Morgan fingerprint density at radius 2 is 1.91 bits per heavy atom. The van der Waals surface area contributed by atoms with Gasteiger partial charge < -0.3 is 0 Å². The van der Waals surface area contributed by atoms with E-state index in [1.54, 1.807) is 0 Å². The first-order valence-corrected chi connectivity index (χ1v) is 5.45. The Morgan fingerprint density at radius 3 is 2.36 bits per heavy atom. The second-order valence-corrected chi connectivity index (χ2v) is 4.56. The van der Waals surface area contributed by atoms with Crippen LogP contribution in [-0.4, -0.2) is 18.7 Å². The maximum atomic E-state index is 10.4. The van der Waals surface area contributed by atoms with Gasteiger partial charge in [-0.15, -0.1) is 0 Å². The molecule has 0 amide bonds. The predicted molar refractivity (Wildman–Crippen MR) is 42.7 cm³/mol. The molecule has 11 heavy (non-hydrogen) atoms. The topological polar surface area (TPSA) is 54.4 Å². The van der Waals surface area contributed by atoms with Gasteiger partial charge in [0.25, 0.3) is 10.1 Å². The van der Waals surface area contributed by atoms with Crippen molar-refractivity contribution < 1.29 is 13.0 Å². The van der Waals surface area contributed by atoms with E-state index < -0.39 is 10.1 Å². The molecule has 0 bridgehead atoms. The lowest BCUT2D eigenvalue weighted by molar-refractivity contribution is 0.413. The first kappa shape index (κ1) is 9.00. The van der Waals surface area contributed by atoms with E-state index in [2.05, 4.69) is 6.42 Å². The molecule has 1 fully saturated rings. The molecule has 0 aromatic heterocycles. The molecule has 4 heteroatoms. The first-order valence-electron chi connectivity index (χ1n) is 3.85. The van der Waals surface area contributed by atoms with Crippen LogP contribution in [0.25, 0.3) is 0 Å². The largest absolute Gasteiger partial charge is 0.286 e. The van der Waals surface area contributed by atoms with E-state index in [1.807, 2.05) is 0 Å². The summed E-state index contributed by atoms with van der Waals surface area (Å²) < 4.78 is 29.4. The van der Waals surface area contributed by atoms with Crippen molar-refractivity contribution in [2.45, 2.75) is 25.7 Å². The molecule has 1 aliphatic rings. The molecule has 65 valence electrons. The summed E-state index contributed by atoms with van der Waals surface area (Å²) in [5.41, 5.74) is 0. The van der Waals surface area contributed by atoms with Gasteiger partial charge in [0.2, 0.25) is 0 Å². The minimum Gasteiger partial charge on any atom is -0.286 e. The van der Waals surface area contributed by atoms with Crippen LogP contribution in [0.4, 0.5) is 0 Å². The Hall–Kier alpha value is -0.0900. The lowest BCUT2D eigenvalue weighted by Crippen LogP contribution is -2.17. The highest BCUT2D eigenvalue weighted by Gasteiger charge is 2.18. The molecule has 0 saturated heterocycles. The van der Waals surface area contributed by atoms with Crippen molar-refractivity contribution in [3.8, 4) is 0 Å². The molecule has 0 spiro atoms. The summed E-state index contributed by atoms with van der Waals surface area (Å²) in [6, 6.07) is 0. The molecule has 0 aromatic carbocycles. The van der Waals surface area contributed by atoms with Crippen LogP contribution in [-0.2, 0) is 10.1 Å². The van der Waals surface area contributed by atoms with Gasteiger partial charge in [-0.25, -0.2) is 0 Å². The Labute approximate surface area is 67.6 Å². The van der Waals surface area contributed by atoms with Crippen LogP contribution in [0.2, 0.25) is 0 Å². The van der Waals surface area contributed by atoms with Gasteiger partial charge in [-0.2, -0.15) is 8.42 Å².